The molecule has 1 aromatic rings. The van der Waals surface area contributed by atoms with E-state index >= 15 is 0 Å². The number of halogens is 1. The van der Waals surface area contributed by atoms with Crippen molar-refractivity contribution in [1.29, 1.82) is 0 Å². The van der Waals surface area contributed by atoms with E-state index < -0.39 is 0 Å². The van der Waals surface area contributed by atoms with Crippen LogP contribution in [-0.4, -0.2) is 0 Å². The highest BCUT2D eigenvalue weighted by molar-refractivity contribution is 6.21. The lowest BCUT2D eigenvalue weighted by Gasteiger charge is -2.21. The first-order valence-corrected chi connectivity index (χ1v) is 8.48. The van der Waals surface area contributed by atoms with E-state index in [0.717, 1.165) is 0 Å². The number of rotatable bonds is 6. The summed E-state index contributed by atoms with van der Waals surface area (Å²) in [4.78, 5) is 0. The van der Waals surface area contributed by atoms with Gasteiger partial charge in [-0.2, -0.15) is 0 Å². The van der Waals surface area contributed by atoms with Crippen LogP contribution in [0, 0.1) is 5.92 Å². The van der Waals surface area contributed by atoms with Crippen molar-refractivity contribution in [3.05, 3.63) is 35.4 Å². The molecule has 0 aromatic heterocycles. The molecule has 0 spiro atoms. The normalized spacial score (nSPS) is 22.8. The Balaban J connectivity index is 1.88. The van der Waals surface area contributed by atoms with Crippen LogP contribution in [0.15, 0.2) is 24.3 Å². The molecule has 2 atom stereocenters. The van der Waals surface area contributed by atoms with E-state index in [1.165, 1.54) is 68.9 Å². The number of unbranched alkanes of at least 4 members (excludes halogenated alkanes) is 4. The molecule has 0 fully saturated rings. The Hall–Kier alpha value is -0.490. The zero-order chi connectivity index (χ0) is 13.5. The van der Waals surface area contributed by atoms with Gasteiger partial charge in [0.2, 0.25) is 0 Å². The van der Waals surface area contributed by atoms with Crippen LogP contribution >= 0.6 is 11.6 Å². The first-order valence-electron chi connectivity index (χ1n) is 8.04. The van der Waals surface area contributed by atoms with Crippen molar-refractivity contribution in [2.45, 2.75) is 70.1 Å². The lowest BCUT2D eigenvalue weighted by Crippen LogP contribution is -2.07. The second-order valence-corrected chi connectivity index (χ2v) is 6.43. The predicted molar refractivity (Wildman–Crippen MR) is 84.8 cm³/mol. The Labute approximate surface area is 123 Å². The molecule has 0 radical (unpaired) electrons. The lowest BCUT2D eigenvalue weighted by atomic mass is 9.91. The van der Waals surface area contributed by atoms with Gasteiger partial charge in [-0.05, 0) is 42.7 Å². The van der Waals surface area contributed by atoms with Gasteiger partial charge >= 0.3 is 0 Å². The largest absolute Gasteiger partial charge is 0.118 e. The predicted octanol–water partition coefficient (Wildman–Crippen LogP) is 6.28. The van der Waals surface area contributed by atoms with Gasteiger partial charge < -0.3 is 0 Å². The van der Waals surface area contributed by atoms with Crippen molar-refractivity contribution in [1.82, 2.24) is 0 Å². The summed E-state index contributed by atoms with van der Waals surface area (Å²) >= 11 is 6.76. The first-order chi connectivity index (χ1) is 9.33. The highest BCUT2D eigenvalue weighted by atomic mass is 35.5. The molecule has 0 bridgehead atoms. The molecule has 0 saturated carbocycles. The van der Waals surface area contributed by atoms with Crippen LogP contribution in [0.3, 0.4) is 0 Å². The number of fused-ring (bicyclic) bond motifs is 1. The lowest BCUT2D eigenvalue weighted by molar-refractivity contribution is 0.411. The average molecular weight is 279 g/mol. The Morgan fingerprint density at radius 2 is 1.89 bits per heavy atom. The Bertz CT molecular complexity index is 372. The quantitative estimate of drug-likeness (QED) is 0.326. The maximum absolute atomic E-state index is 6.76. The fourth-order valence-corrected chi connectivity index (χ4v) is 3.75. The minimum atomic E-state index is 0.241. The molecule has 0 aliphatic heterocycles. The molecule has 19 heavy (non-hydrogen) atoms. The molecular weight excluding hydrogens is 252 g/mol. The molecular formula is C18H27Cl. The fourth-order valence-electron chi connectivity index (χ4n) is 3.29. The monoisotopic (exact) mass is 278 g/mol. The Morgan fingerprint density at radius 1 is 1.11 bits per heavy atom. The van der Waals surface area contributed by atoms with E-state index in [4.69, 9.17) is 11.6 Å². The van der Waals surface area contributed by atoms with E-state index in [-0.39, 0.29) is 5.38 Å². The number of hydrogen-bond acceptors (Lipinski definition) is 0. The minimum absolute atomic E-state index is 0.241. The third kappa shape index (κ3) is 4.24. The highest BCUT2D eigenvalue weighted by Crippen LogP contribution is 2.40. The topological polar surface area (TPSA) is 0 Å². The van der Waals surface area contributed by atoms with Crippen molar-refractivity contribution < 1.29 is 0 Å². The van der Waals surface area contributed by atoms with Crippen LogP contribution in [0.1, 0.15) is 74.8 Å². The van der Waals surface area contributed by atoms with E-state index in [0.29, 0.717) is 5.92 Å². The molecule has 0 amide bonds. The summed E-state index contributed by atoms with van der Waals surface area (Å²) in [6, 6.07) is 8.78. The molecule has 1 aliphatic rings. The van der Waals surface area contributed by atoms with Gasteiger partial charge in [0.1, 0.15) is 0 Å². The van der Waals surface area contributed by atoms with E-state index in [2.05, 4.69) is 31.2 Å². The standard InChI is InChI=1S/C18H27Cl/c1-2-3-4-5-6-11-16-13-9-12-15-10-7-8-14-17(15)18(16)19/h7-8,10,14,16,18H,2-6,9,11-13H2,1H3. The number of benzene rings is 1. The van der Waals surface area contributed by atoms with E-state index in [9.17, 15) is 0 Å². The third-order valence-corrected chi connectivity index (χ3v) is 5.06. The van der Waals surface area contributed by atoms with Gasteiger partial charge in [-0.25, -0.2) is 0 Å². The van der Waals surface area contributed by atoms with Gasteiger partial charge in [0.15, 0.2) is 0 Å². The number of alkyl halides is 1. The molecule has 106 valence electrons. The van der Waals surface area contributed by atoms with Crippen LogP contribution in [0.2, 0.25) is 0 Å². The number of hydrogen-bond donors (Lipinski definition) is 0. The zero-order valence-electron chi connectivity index (χ0n) is 12.2. The molecule has 1 aliphatic carbocycles. The first kappa shape index (κ1) is 14.9. The summed E-state index contributed by atoms with van der Waals surface area (Å²) in [6.45, 7) is 2.27. The van der Waals surface area contributed by atoms with Crippen LogP contribution < -0.4 is 0 Å². The van der Waals surface area contributed by atoms with Gasteiger partial charge in [0, 0.05) is 0 Å². The molecule has 1 heteroatoms. The average Bonchev–Trinajstić information content (AvgIpc) is 2.59. The van der Waals surface area contributed by atoms with Crippen LogP contribution in [0.5, 0.6) is 0 Å². The summed E-state index contributed by atoms with van der Waals surface area (Å²) in [5, 5.41) is 0.241. The molecule has 0 nitrogen and oxygen atoms in total. The second kappa shape index (κ2) is 7.94. The van der Waals surface area contributed by atoms with E-state index in [1.807, 2.05) is 0 Å². The van der Waals surface area contributed by atoms with Crippen molar-refractivity contribution >= 4 is 11.6 Å². The van der Waals surface area contributed by atoms with Crippen LogP contribution in [0.25, 0.3) is 0 Å². The van der Waals surface area contributed by atoms with Crippen LogP contribution in [-0.2, 0) is 6.42 Å². The second-order valence-electron chi connectivity index (χ2n) is 5.96. The Morgan fingerprint density at radius 3 is 2.74 bits per heavy atom. The van der Waals surface area contributed by atoms with E-state index in [1.54, 1.807) is 0 Å². The maximum Gasteiger partial charge on any atom is 0.0616 e. The molecule has 0 saturated heterocycles. The van der Waals surface area contributed by atoms with Crippen molar-refractivity contribution in [3.8, 4) is 0 Å². The summed E-state index contributed by atoms with van der Waals surface area (Å²) < 4.78 is 0. The number of aryl methyl sites for hydroxylation is 1. The zero-order valence-corrected chi connectivity index (χ0v) is 13.0. The molecule has 0 heterocycles. The summed E-state index contributed by atoms with van der Waals surface area (Å²) in [7, 11) is 0. The summed E-state index contributed by atoms with van der Waals surface area (Å²) in [5.41, 5.74) is 2.89. The molecule has 2 unspecified atom stereocenters. The van der Waals surface area contributed by atoms with Crippen molar-refractivity contribution in [3.63, 3.8) is 0 Å². The summed E-state index contributed by atoms with van der Waals surface area (Å²) in [5.74, 6) is 0.687. The Kier molecular flexibility index (Phi) is 6.23. The molecule has 1 aromatic carbocycles. The van der Waals surface area contributed by atoms with Gasteiger partial charge in [-0.1, -0.05) is 63.3 Å². The molecule has 2 rings (SSSR count). The third-order valence-electron chi connectivity index (χ3n) is 4.47. The minimum Gasteiger partial charge on any atom is -0.118 e. The van der Waals surface area contributed by atoms with Gasteiger partial charge in [-0.15, -0.1) is 11.6 Å². The van der Waals surface area contributed by atoms with Gasteiger partial charge in [0.05, 0.1) is 5.38 Å². The van der Waals surface area contributed by atoms with Gasteiger partial charge in [-0.3, -0.25) is 0 Å². The highest BCUT2D eigenvalue weighted by Gasteiger charge is 2.25. The van der Waals surface area contributed by atoms with Gasteiger partial charge in [0.25, 0.3) is 0 Å². The molecule has 0 N–H and O–H groups in total. The maximum atomic E-state index is 6.76. The van der Waals surface area contributed by atoms with Crippen LogP contribution in [0.4, 0.5) is 0 Å². The smallest absolute Gasteiger partial charge is 0.0616 e. The van der Waals surface area contributed by atoms with Crippen molar-refractivity contribution in [2.75, 3.05) is 0 Å². The van der Waals surface area contributed by atoms with Crippen molar-refractivity contribution in [2.24, 2.45) is 5.92 Å². The fraction of sp³-hybridized carbons (Fsp3) is 0.667. The SMILES string of the molecule is CCCCCCCC1CCCc2ccccc2C1Cl. The summed E-state index contributed by atoms with van der Waals surface area (Å²) in [6.07, 6.45) is 12.0.